The van der Waals surface area contributed by atoms with Gasteiger partial charge in [0.05, 0.1) is 11.6 Å². The lowest BCUT2D eigenvalue weighted by molar-refractivity contribution is -0.121. The van der Waals surface area contributed by atoms with Crippen molar-refractivity contribution in [3.63, 3.8) is 0 Å². The summed E-state index contributed by atoms with van der Waals surface area (Å²) in [6.45, 7) is 6.28. The first-order valence-corrected chi connectivity index (χ1v) is 11.5. The van der Waals surface area contributed by atoms with Crippen molar-refractivity contribution < 1.29 is 23.9 Å². The van der Waals surface area contributed by atoms with Crippen molar-refractivity contribution in [3.05, 3.63) is 59.1 Å². The van der Waals surface area contributed by atoms with E-state index < -0.39 is 11.7 Å². The van der Waals surface area contributed by atoms with E-state index in [9.17, 15) is 14.4 Å². The summed E-state index contributed by atoms with van der Waals surface area (Å²) in [4.78, 5) is 35.7. The summed E-state index contributed by atoms with van der Waals surface area (Å²) in [6.07, 6.45) is 0.484. The van der Waals surface area contributed by atoms with Crippen molar-refractivity contribution in [2.24, 2.45) is 0 Å². The number of ether oxygens (including phenoxy) is 2. The minimum atomic E-state index is -0.584. The standard InChI is InChI=1S/C25H32ClN3O5/c1-25(2,3)34-24(32)27-15-14-23(31)29-19-12-10-18(11-13-19)17-28-22(30)9-6-16-33-21-8-5-4-7-20(21)26/h4-5,7-8,10-13H,6,9,14-17H2,1-3H3,(H,27,32)(H,28,30)(H,29,31). The lowest BCUT2D eigenvalue weighted by atomic mass is 10.2. The van der Waals surface area contributed by atoms with Crippen LogP contribution in [0.2, 0.25) is 5.02 Å². The molecule has 2 aromatic rings. The van der Waals surface area contributed by atoms with Gasteiger partial charge in [-0.25, -0.2) is 4.79 Å². The lowest BCUT2D eigenvalue weighted by Crippen LogP contribution is -2.34. The fraction of sp³-hybridized carbons (Fsp3) is 0.400. The molecule has 0 saturated heterocycles. The number of alkyl carbamates (subject to hydrolysis) is 1. The molecule has 3 amide bonds. The molecule has 0 aliphatic heterocycles. The van der Waals surface area contributed by atoms with Crippen LogP contribution in [0.25, 0.3) is 0 Å². The summed E-state index contributed by atoms with van der Waals surface area (Å²) in [5.74, 6) is 0.310. The number of carbonyl (C=O) groups is 3. The summed E-state index contributed by atoms with van der Waals surface area (Å²) >= 11 is 6.03. The van der Waals surface area contributed by atoms with E-state index in [-0.39, 0.29) is 24.8 Å². The molecule has 0 atom stereocenters. The Labute approximate surface area is 205 Å². The fourth-order valence-corrected chi connectivity index (χ4v) is 2.98. The second-order valence-electron chi connectivity index (χ2n) is 8.58. The fourth-order valence-electron chi connectivity index (χ4n) is 2.79. The summed E-state index contributed by atoms with van der Waals surface area (Å²) in [6, 6.07) is 14.4. The SMILES string of the molecule is CC(C)(C)OC(=O)NCCC(=O)Nc1ccc(CNC(=O)CCCOc2ccccc2Cl)cc1. The normalized spacial score (nSPS) is 10.8. The molecular formula is C25H32ClN3O5. The molecule has 34 heavy (non-hydrogen) atoms. The zero-order valence-electron chi connectivity index (χ0n) is 19.8. The third kappa shape index (κ3) is 11.0. The average Bonchev–Trinajstić information content (AvgIpc) is 2.76. The van der Waals surface area contributed by atoms with Crippen LogP contribution >= 0.6 is 11.6 Å². The first-order chi connectivity index (χ1) is 16.1. The van der Waals surface area contributed by atoms with E-state index in [1.54, 1.807) is 45.0 Å². The molecule has 0 heterocycles. The summed E-state index contributed by atoms with van der Waals surface area (Å²) in [7, 11) is 0. The highest BCUT2D eigenvalue weighted by Gasteiger charge is 2.16. The number of halogens is 1. The molecule has 184 valence electrons. The molecule has 9 heteroatoms. The number of amides is 3. The number of carbonyl (C=O) groups excluding carboxylic acids is 3. The molecule has 0 aromatic heterocycles. The minimum Gasteiger partial charge on any atom is -0.492 e. The van der Waals surface area contributed by atoms with E-state index in [0.717, 1.165) is 5.56 Å². The molecule has 0 fully saturated rings. The van der Waals surface area contributed by atoms with Gasteiger partial charge in [-0.3, -0.25) is 9.59 Å². The molecule has 3 N–H and O–H groups in total. The zero-order chi connectivity index (χ0) is 25.0. The second-order valence-corrected chi connectivity index (χ2v) is 8.99. The average molecular weight is 490 g/mol. The van der Waals surface area contributed by atoms with Crippen LogP contribution in [0.5, 0.6) is 5.75 Å². The van der Waals surface area contributed by atoms with Crippen LogP contribution in [0.1, 0.15) is 45.6 Å². The van der Waals surface area contributed by atoms with Gasteiger partial charge in [0.15, 0.2) is 0 Å². The van der Waals surface area contributed by atoms with E-state index in [4.69, 9.17) is 21.1 Å². The summed E-state index contributed by atoms with van der Waals surface area (Å²) < 4.78 is 10.7. The molecule has 2 rings (SSSR count). The number of para-hydroxylation sites is 1. The van der Waals surface area contributed by atoms with Crippen LogP contribution in [-0.4, -0.2) is 36.7 Å². The van der Waals surface area contributed by atoms with Gasteiger partial charge >= 0.3 is 6.09 Å². The van der Waals surface area contributed by atoms with Gasteiger partial charge in [-0.05, 0) is 57.0 Å². The highest BCUT2D eigenvalue weighted by atomic mass is 35.5. The second kappa shape index (κ2) is 13.4. The van der Waals surface area contributed by atoms with Gasteiger partial charge in [-0.15, -0.1) is 0 Å². The van der Waals surface area contributed by atoms with Crippen molar-refractivity contribution >= 4 is 35.2 Å². The Balaban J connectivity index is 1.61. The van der Waals surface area contributed by atoms with E-state index >= 15 is 0 Å². The number of rotatable bonds is 11. The van der Waals surface area contributed by atoms with E-state index in [1.165, 1.54) is 0 Å². The zero-order valence-corrected chi connectivity index (χ0v) is 20.5. The van der Waals surface area contributed by atoms with Gasteiger partial charge < -0.3 is 25.4 Å². The number of anilines is 1. The molecule has 0 bridgehead atoms. The molecule has 0 unspecified atom stereocenters. The van der Waals surface area contributed by atoms with Gasteiger partial charge in [0.25, 0.3) is 0 Å². The smallest absolute Gasteiger partial charge is 0.407 e. The van der Waals surface area contributed by atoms with Crippen LogP contribution < -0.4 is 20.7 Å². The maximum atomic E-state index is 12.0. The first-order valence-electron chi connectivity index (χ1n) is 11.1. The molecule has 2 aromatic carbocycles. The minimum absolute atomic E-state index is 0.0716. The summed E-state index contributed by atoms with van der Waals surface area (Å²) in [5.41, 5.74) is 0.957. The Hall–Kier alpha value is -3.26. The van der Waals surface area contributed by atoms with Crippen LogP contribution in [0, 0.1) is 0 Å². The van der Waals surface area contributed by atoms with Crippen molar-refractivity contribution in [2.45, 2.75) is 52.2 Å². The Morgan fingerprint density at radius 1 is 0.912 bits per heavy atom. The van der Waals surface area contributed by atoms with Crippen LogP contribution in [0.4, 0.5) is 10.5 Å². The lowest BCUT2D eigenvalue weighted by Gasteiger charge is -2.19. The highest BCUT2D eigenvalue weighted by Crippen LogP contribution is 2.23. The van der Waals surface area contributed by atoms with Crippen molar-refractivity contribution in [3.8, 4) is 5.75 Å². The van der Waals surface area contributed by atoms with Gasteiger partial charge in [0.2, 0.25) is 11.8 Å². The maximum absolute atomic E-state index is 12.0. The maximum Gasteiger partial charge on any atom is 0.407 e. The van der Waals surface area contributed by atoms with Gasteiger partial charge in [-0.2, -0.15) is 0 Å². The predicted octanol–water partition coefficient (Wildman–Crippen LogP) is 4.67. The Kier molecular flexibility index (Phi) is 10.7. The molecule has 0 aliphatic rings. The van der Waals surface area contributed by atoms with E-state index in [1.807, 2.05) is 24.3 Å². The van der Waals surface area contributed by atoms with Crippen LogP contribution in [0.15, 0.2) is 48.5 Å². The number of hydrogen-bond donors (Lipinski definition) is 3. The van der Waals surface area contributed by atoms with Gasteiger partial charge in [0, 0.05) is 31.6 Å². The number of hydrogen-bond acceptors (Lipinski definition) is 5. The Bertz CT molecular complexity index is 958. The monoisotopic (exact) mass is 489 g/mol. The predicted molar refractivity (Wildman–Crippen MR) is 132 cm³/mol. The van der Waals surface area contributed by atoms with E-state index in [0.29, 0.717) is 42.5 Å². The molecule has 0 radical (unpaired) electrons. The highest BCUT2D eigenvalue weighted by molar-refractivity contribution is 6.32. The van der Waals surface area contributed by atoms with E-state index in [2.05, 4.69) is 16.0 Å². The topological polar surface area (TPSA) is 106 Å². The van der Waals surface area contributed by atoms with Crippen molar-refractivity contribution in [2.75, 3.05) is 18.5 Å². The number of nitrogens with one attached hydrogen (secondary N) is 3. The molecule has 0 spiro atoms. The quantitative estimate of drug-likeness (QED) is 0.398. The molecular weight excluding hydrogens is 458 g/mol. The van der Waals surface area contributed by atoms with Gasteiger partial charge in [-0.1, -0.05) is 35.9 Å². The molecule has 8 nitrogen and oxygen atoms in total. The summed E-state index contributed by atoms with van der Waals surface area (Å²) in [5, 5.41) is 8.72. The number of benzene rings is 2. The van der Waals surface area contributed by atoms with Crippen molar-refractivity contribution in [1.82, 2.24) is 10.6 Å². The van der Waals surface area contributed by atoms with Crippen LogP contribution in [-0.2, 0) is 20.9 Å². The molecule has 0 saturated carbocycles. The Morgan fingerprint density at radius 2 is 1.62 bits per heavy atom. The Morgan fingerprint density at radius 3 is 2.29 bits per heavy atom. The third-order valence-electron chi connectivity index (χ3n) is 4.39. The third-order valence-corrected chi connectivity index (χ3v) is 4.70. The molecule has 0 aliphatic carbocycles. The van der Waals surface area contributed by atoms with Gasteiger partial charge in [0.1, 0.15) is 11.4 Å². The first kappa shape index (κ1) is 27.0. The van der Waals surface area contributed by atoms with Crippen molar-refractivity contribution in [1.29, 1.82) is 0 Å². The largest absolute Gasteiger partial charge is 0.492 e. The van der Waals surface area contributed by atoms with Crippen LogP contribution in [0.3, 0.4) is 0 Å².